The van der Waals surface area contributed by atoms with Crippen LogP contribution in [0.4, 0.5) is 8.78 Å². The van der Waals surface area contributed by atoms with Crippen molar-refractivity contribution in [2.75, 3.05) is 39.4 Å². The Balaban J connectivity index is 0.000000253. The fourth-order valence-corrected chi connectivity index (χ4v) is 13.9. The number of aliphatic hydroxyl groups is 11. The summed E-state index contributed by atoms with van der Waals surface area (Å²) in [5.41, 5.74) is 77.2. The van der Waals surface area contributed by atoms with Crippen LogP contribution in [0, 0.1) is 5.92 Å². The van der Waals surface area contributed by atoms with Crippen molar-refractivity contribution in [2.24, 2.45) is 60.2 Å². The topological polar surface area (TPSA) is 726 Å². The van der Waals surface area contributed by atoms with E-state index in [1.165, 1.54) is 6.92 Å². The maximum atomic E-state index is 16.3. The summed E-state index contributed by atoms with van der Waals surface area (Å²) in [5.74, 6) is -0.882. The predicted molar refractivity (Wildman–Crippen MR) is 357 cm³/mol. The van der Waals surface area contributed by atoms with Crippen molar-refractivity contribution in [3.8, 4) is 0 Å². The van der Waals surface area contributed by atoms with Gasteiger partial charge in [0.05, 0.1) is 94.3 Å². The summed E-state index contributed by atoms with van der Waals surface area (Å²) in [4.78, 5) is 13.6. The van der Waals surface area contributed by atoms with E-state index in [0.717, 1.165) is 0 Å². The molecule has 0 unspecified atom stereocenters. The van der Waals surface area contributed by atoms with Gasteiger partial charge in [0.25, 0.3) is 0 Å². The quantitative estimate of drug-likeness (QED) is 0.0216. The molecule has 47 heteroatoms. The van der Waals surface area contributed by atoms with E-state index in [9.17, 15) is 67.2 Å². The lowest BCUT2D eigenvalue weighted by atomic mass is 9.84. The number of rotatable bonds is 29. The molecule has 21 N–H and O–H groups in total. The second-order valence-corrected chi connectivity index (χ2v) is 26.8. The lowest BCUT2D eigenvalue weighted by Crippen LogP contribution is -2.67. The highest BCUT2D eigenvalue weighted by Crippen LogP contribution is 2.41. The largest absolute Gasteiger partial charge is 0.394 e. The van der Waals surface area contributed by atoms with Crippen LogP contribution < -0.4 is 28.7 Å². The van der Waals surface area contributed by atoms with Gasteiger partial charge in [-0.25, -0.2) is 8.78 Å². The molecule has 0 aromatic heterocycles. The zero-order chi connectivity index (χ0) is 78.2. The predicted octanol–water partition coefficient (Wildman–Crippen LogP) is -3.29. The van der Waals surface area contributed by atoms with Gasteiger partial charge in [0, 0.05) is 55.6 Å². The average molecular weight is 1540 g/mol. The molecule has 6 heterocycles. The molecule has 8 fully saturated rings. The Labute approximate surface area is 612 Å². The zero-order valence-electron chi connectivity index (χ0n) is 57.8. The second kappa shape index (κ2) is 40.2. The highest BCUT2D eigenvalue weighted by atomic mass is 19.1. The van der Waals surface area contributed by atoms with E-state index in [1.807, 2.05) is 0 Å². The third-order valence-electron chi connectivity index (χ3n) is 19.9. The van der Waals surface area contributed by atoms with E-state index in [-0.39, 0.29) is 45.7 Å². The van der Waals surface area contributed by atoms with E-state index >= 15 is 8.78 Å². The maximum absolute atomic E-state index is 16.3. The van der Waals surface area contributed by atoms with E-state index in [0.29, 0.717) is 11.1 Å². The first-order chi connectivity index (χ1) is 51.9. The number of benzene rings is 2. The van der Waals surface area contributed by atoms with Crippen LogP contribution in [0.5, 0.6) is 0 Å². The van der Waals surface area contributed by atoms with Crippen molar-refractivity contribution in [2.45, 2.75) is 260 Å². The van der Waals surface area contributed by atoms with Crippen LogP contribution in [0.25, 0.3) is 52.2 Å². The van der Waals surface area contributed by atoms with Crippen LogP contribution in [-0.2, 0) is 79.5 Å². The molecule has 2 saturated carbocycles. The van der Waals surface area contributed by atoms with Gasteiger partial charge < -0.3 is 151 Å². The molecule has 0 amide bonds. The number of alkyl halides is 2. The van der Waals surface area contributed by atoms with Gasteiger partial charge in [-0.2, -0.15) is 0 Å². The minimum absolute atomic E-state index is 0.0441. The Kier molecular flexibility index (Phi) is 31.9. The zero-order valence-corrected chi connectivity index (χ0v) is 57.8. The Morgan fingerprint density at radius 1 is 0.417 bits per heavy atom. The van der Waals surface area contributed by atoms with Crippen molar-refractivity contribution in [1.29, 1.82) is 0 Å². The van der Waals surface area contributed by atoms with Gasteiger partial charge in [0.1, 0.15) is 116 Å². The molecule has 8 aliphatic rings. The van der Waals surface area contributed by atoms with Crippen molar-refractivity contribution in [3.63, 3.8) is 0 Å². The number of hydrogen-bond donors (Lipinski definition) is 16. The standard InChI is InChI=1S/C31H42FN15O12.C30H50FN5O13/c1-12-16(8-38-43-33)54-31(27(19(12)32)53-11-13-5-3-2-4-6-13)57-25-15(41-46-36)7-14(40-45-35)21(49)28(25)59-30-24(52)26(18(10-48)56-30)58-29-20(42-47-37)23(51)22(50)17(55-29)9-39-44-34;31-17-20(39)14(7-32)45-30(26(17)43-10-11-4-2-1-3-5-11)47-24-13(35)6-12(34)19(38)27(24)49-29-23(42)25(16(9-37)46-29)48-28-18(36)22(41)21(40)15(8-33)44-28/h2-6,12,14-31,48-52H,7-11H2,1H3;1-5,12-30,37-42H,6-10,32-36H2/t12-,14-,15+,16-,17+,18-,19+,20-,21+,22-,23-,24-,25-,26-,27-,28-,29-,30+,31-;12-,13+,14-,15+,16-,17+,18-,19+,20-,21-,22-,23-,24-,25-,26-,27-,28-,29+,30-/m11/s1. The van der Waals surface area contributed by atoms with Crippen LogP contribution in [0.2, 0.25) is 0 Å². The van der Waals surface area contributed by atoms with Gasteiger partial charge in [0.2, 0.25) is 0 Å². The number of azide groups is 5. The van der Waals surface area contributed by atoms with Crippen LogP contribution in [0.15, 0.2) is 86.2 Å². The average Bonchev–Trinajstić information content (AvgIpc) is 1.45. The highest BCUT2D eigenvalue weighted by Gasteiger charge is 2.59. The van der Waals surface area contributed by atoms with Crippen LogP contribution in [0.3, 0.4) is 0 Å². The molecule has 0 spiro atoms. The van der Waals surface area contributed by atoms with E-state index in [2.05, 4.69) is 50.1 Å². The van der Waals surface area contributed by atoms with Gasteiger partial charge >= 0.3 is 0 Å². The number of nitrogens with two attached hydrogens (primary N) is 5. The van der Waals surface area contributed by atoms with Gasteiger partial charge in [-0.1, -0.05) is 93.2 Å². The van der Waals surface area contributed by atoms with E-state index in [4.69, 9.17) is 112 Å². The fraction of sp³-hybridized carbons (Fsp3) is 0.803. The maximum Gasteiger partial charge on any atom is 0.187 e. The Bertz CT molecular complexity index is 3390. The second-order valence-electron chi connectivity index (χ2n) is 26.8. The van der Waals surface area contributed by atoms with E-state index < -0.39 is 252 Å². The van der Waals surface area contributed by atoms with Gasteiger partial charge in [-0.05, 0) is 51.6 Å². The van der Waals surface area contributed by atoms with Gasteiger partial charge in [-0.15, -0.1) is 0 Å². The number of aliphatic hydroxyl groups excluding tert-OH is 11. The summed E-state index contributed by atoms with van der Waals surface area (Å²) in [6.07, 6.45) is -47.7. The molecule has 6 saturated heterocycles. The molecule has 0 radical (unpaired) electrons. The molecule has 108 heavy (non-hydrogen) atoms. The van der Waals surface area contributed by atoms with E-state index in [1.54, 1.807) is 60.7 Å². The van der Waals surface area contributed by atoms with Crippen LogP contribution in [-0.4, -0.2) is 322 Å². The summed E-state index contributed by atoms with van der Waals surface area (Å²) in [5, 5.41) is 136. The van der Waals surface area contributed by atoms with Gasteiger partial charge in [-0.3, -0.25) is 0 Å². The Morgan fingerprint density at radius 2 is 0.852 bits per heavy atom. The Hall–Kier alpha value is -6.35. The third-order valence-corrected chi connectivity index (χ3v) is 19.9. The number of ether oxygens (including phenoxy) is 14. The lowest BCUT2D eigenvalue weighted by molar-refractivity contribution is -0.330. The molecule has 2 aliphatic carbocycles. The molecular weight excluding hydrogens is 1450 g/mol. The molecule has 10 rings (SSSR count). The summed E-state index contributed by atoms with van der Waals surface area (Å²) >= 11 is 0. The summed E-state index contributed by atoms with van der Waals surface area (Å²) in [6, 6.07) is 10.3. The smallest absolute Gasteiger partial charge is 0.187 e. The van der Waals surface area contributed by atoms with Crippen LogP contribution >= 0.6 is 0 Å². The fourth-order valence-electron chi connectivity index (χ4n) is 13.9. The molecule has 45 nitrogen and oxygen atoms in total. The van der Waals surface area contributed by atoms with Crippen LogP contribution in [0.1, 0.15) is 30.9 Å². The lowest BCUT2D eigenvalue weighted by Gasteiger charge is -2.47. The first kappa shape index (κ1) is 85.6. The number of hydrogen-bond acceptors (Lipinski definition) is 35. The van der Waals surface area contributed by atoms with Crippen molar-refractivity contribution >= 4 is 0 Å². The minimum atomic E-state index is -1.99. The molecule has 6 aliphatic heterocycles. The molecular formula is C61H92F2N20O25. The molecule has 38 atom stereocenters. The number of nitrogens with zero attached hydrogens (tertiary/aromatic N) is 15. The highest BCUT2D eigenvalue weighted by molar-refractivity contribution is 5.15. The molecule has 2 aromatic carbocycles. The van der Waals surface area contributed by atoms with Gasteiger partial charge in [0.15, 0.2) is 43.9 Å². The summed E-state index contributed by atoms with van der Waals surface area (Å²) in [6.45, 7) is -1.38. The number of halogens is 2. The molecule has 600 valence electrons. The van der Waals surface area contributed by atoms with Crippen molar-refractivity contribution < 1.29 is 131 Å². The van der Waals surface area contributed by atoms with Crippen molar-refractivity contribution in [1.82, 2.24) is 0 Å². The van der Waals surface area contributed by atoms with Crippen molar-refractivity contribution in [3.05, 3.63) is 124 Å². The third kappa shape index (κ3) is 19.9. The first-order valence-electron chi connectivity index (χ1n) is 34.5. The molecule has 0 bridgehead atoms. The normalized spacial score (nSPS) is 43.8. The molecule has 2 aromatic rings. The Morgan fingerprint density at radius 3 is 1.38 bits per heavy atom. The minimum Gasteiger partial charge on any atom is -0.394 e. The summed E-state index contributed by atoms with van der Waals surface area (Å²) in [7, 11) is 0. The SMILES string of the molecule is C[C@H]1[C@H](F)[C@@H](OCc2ccccc2)[C@@H](O[C@H]2[C@H](O[C@@H]3O[C@H](CO)[C@@H](O[C@H]4O[C@@H](CN=[N+]=[N-])[C@@H](O)[C@H](O)[C@H]4N=[N+]=[N-])[C@H]3O)[C@@H](O)[C@H](N=[N+]=[N-])C[C@@H]2N=[N+]=[N-])O[C@@H]1CN=[N+]=[N-].NC[C@@H]1O[C@H](O[C@H]2[C@@H](O)[C@H](O[C@@H]3[C@@H](O)[C@H](N)C[C@H](N)[C@H]3O[C@H]3O[C@H](CN)[C@@H](O)[C@H](F)[C@H]3OCc3ccccc3)O[C@@H]2CO)[C@H](N)[C@@H](O)[C@@H]1O. The summed E-state index contributed by atoms with van der Waals surface area (Å²) < 4.78 is 115. The monoisotopic (exact) mass is 1540 g/mol. The first-order valence-corrected chi connectivity index (χ1v) is 34.5.